The third kappa shape index (κ3) is 10.1. The van der Waals surface area contributed by atoms with Gasteiger partial charge in [0, 0.05) is 18.1 Å². The summed E-state index contributed by atoms with van der Waals surface area (Å²) in [5.41, 5.74) is 0. The minimum Gasteiger partial charge on any atom is -0.461 e. The largest absolute Gasteiger partial charge is 0.461 e. The van der Waals surface area contributed by atoms with Gasteiger partial charge in [0.25, 0.3) is 6.02 Å². The standard InChI is InChI=1S/C17H33N3O2S2/c1-5-9-12-19(16(18)22-13-8-4)17(21)20(23-14-10-6-2)24-15-11-7-3/h8,18H,4-7,9-15H2,1-3H3. The molecule has 5 nitrogen and oxygen atoms in total. The molecular formula is C17H33N3O2S2. The summed E-state index contributed by atoms with van der Waals surface area (Å²) < 4.78 is 7.03. The highest BCUT2D eigenvalue weighted by atomic mass is 32.2. The van der Waals surface area contributed by atoms with E-state index in [-0.39, 0.29) is 18.7 Å². The van der Waals surface area contributed by atoms with Crippen molar-refractivity contribution in [2.24, 2.45) is 0 Å². The van der Waals surface area contributed by atoms with Gasteiger partial charge < -0.3 is 4.74 Å². The first kappa shape index (κ1) is 23.2. The van der Waals surface area contributed by atoms with Crippen LogP contribution in [-0.4, -0.2) is 45.3 Å². The molecule has 0 bridgehead atoms. The minimum atomic E-state index is -0.167. The molecule has 0 spiro atoms. The van der Waals surface area contributed by atoms with E-state index in [1.54, 1.807) is 33.7 Å². The normalized spacial score (nSPS) is 10.3. The van der Waals surface area contributed by atoms with Crippen LogP contribution < -0.4 is 0 Å². The Hall–Kier alpha value is -0.820. The molecule has 2 amide bonds. The first-order valence-electron chi connectivity index (χ1n) is 8.81. The SMILES string of the molecule is C=CCOC(=N)N(CCCC)C(=O)N(SCCCC)SCCCC. The van der Waals surface area contributed by atoms with Gasteiger partial charge in [0.05, 0.1) is 0 Å². The predicted molar refractivity (Wildman–Crippen MR) is 107 cm³/mol. The maximum Gasteiger partial charge on any atom is 0.348 e. The number of amides is 2. The molecule has 0 saturated heterocycles. The van der Waals surface area contributed by atoms with Crippen molar-refractivity contribution < 1.29 is 9.53 Å². The van der Waals surface area contributed by atoms with Crippen molar-refractivity contribution in [3.05, 3.63) is 12.7 Å². The van der Waals surface area contributed by atoms with Crippen molar-refractivity contribution in [1.29, 1.82) is 5.41 Å². The van der Waals surface area contributed by atoms with Crippen LogP contribution in [0.5, 0.6) is 0 Å². The summed E-state index contributed by atoms with van der Waals surface area (Å²) in [5.74, 6) is 1.81. The van der Waals surface area contributed by atoms with Gasteiger partial charge >= 0.3 is 6.03 Å². The molecule has 140 valence electrons. The summed E-state index contributed by atoms with van der Waals surface area (Å²) in [6, 6.07) is -0.259. The van der Waals surface area contributed by atoms with E-state index in [2.05, 4.69) is 27.4 Å². The summed E-state index contributed by atoms with van der Waals surface area (Å²) >= 11 is 3.08. The number of ether oxygens (including phenoxy) is 1. The monoisotopic (exact) mass is 375 g/mol. The highest BCUT2D eigenvalue weighted by Crippen LogP contribution is 2.26. The fraction of sp³-hybridized carbons (Fsp3) is 0.765. The molecule has 0 aromatic carbocycles. The van der Waals surface area contributed by atoms with Crippen molar-refractivity contribution in [1.82, 2.24) is 8.61 Å². The lowest BCUT2D eigenvalue weighted by Crippen LogP contribution is -2.43. The first-order valence-corrected chi connectivity index (χ1v) is 10.7. The molecule has 0 heterocycles. The van der Waals surface area contributed by atoms with Gasteiger partial charge in [-0.2, -0.15) is 0 Å². The van der Waals surface area contributed by atoms with Gasteiger partial charge in [-0.25, -0.2) is 13.4 Å². The van der Waals surface area contributed by atoms with Crippen molar-refractivity contribution in [2.45, 2.75) is 59.3 Å². The van der Waals surface area contributed by atoms with Gasteiger partial charge in [-0.1, -0.05) is 52.7 Å². The lowest BCUT2D eigenvalue weighted by molar-refractivity contribution is 0.199. The van der Waals surface area contributed by atoms with Crippen molar-refractivity contribution in [3.8, 4) is 0 Å². The molecule has 0 unspecified atom stereocenters. The Bertz CT molecular complexity index is 358. The van der Waals surface area contributed by atoms with Crippen LogP contribution in [0.3, 0.4) is 0 Å². The quantitative estimate of drug-likeness (QED) is 0.151. The van der Waals surface area contributed by atoms with Gasteiger partial charge in [0.2, 0.25) is 0 Å². The number of nitrogens with zero attached hydrogens (tertiary/aromatic N) is 2. The minimum absolute atomic E-state index is 0.0921. The summed E-state index contributed by atoms with van der Waals surface area (Å²) in [6.07, 6.45) is 7.74. The summed E-state index contributed by atoms with van der Waals surface area (Å²) in [7, 11) is 0. The molecule has 0 aliphatic carbocycles. The van der Waals surface area contributed by atoms with E-state index >= 15 is 0 Å². The van der Waals surface area contributed by atoms with Crippen LogP contribution in [-0.2, 0) is 4.74 Å². The molecule has 7 heteroatoms. The number of rotatable bonds is 13. The molecular weight excluding hydrogens is 342 g/mol. The highest BCUT2D eigenvalue weighted by Gasteiger charge is 2.26. The second kappa shape index (κ2) is 15.7. The van der Waals surface area contributed by atoms with Crippen LogP contribution >= 0.6 is 23.9 Å². The molecule has 0 aromatic rings. The van der Waals surface area contributed by atoms with E-state index in [1.807, 2.05) is 0 Å². The average molecular weight is 376 g/mol. The number of amidine groups is 1. The molecule has 1 N–H and O–H groups in total. The summed E-state index contributed by atoms with van der Waals surface area (Å²) in [4.78, 5) is 14.3. The second-order valence-electron chi connectivity index (χ2n) is 5.32. The summed E-state index contributed by atoms with van der Waals surface area (Å²) in [6.45, 7) is 10.7. The van der Waals surface area contributed by atoms with E-state index < -0.39 is 0 Å². The third-order valence-electron chi connectivity index (χ3n) is 3.12. The van der Waals surface area contributed by atoms with Crippen LogP contribution in [0.25, 0.3) is 0 Å². The number of hydrogen-bond donors (Lipinski definition) is 1. The highest BCUT2D eigenvalue weighted by molar-refractivity contribution is 8.12. The van der Waals surface area contributed by atoms with Crippen molar-refractivity contribution in [3.63, 3.8) is 0 Å². The van der Waals surface area contributed by atoms with Crippen LogP contribution in [0.2, 0.25) is 0 Å². The maximum atomic E-state index is 12.9. The molecule has 0 aliphatic rings. The van der Waals surface area contributed by atoms with Crippen LogP contribution in [0.15, 0.2) is 12.7 Å². The zero-order chi connectivity index (χ0) is 18.2. The zero-order valence-electron chi connectivity index (χ0n) is 15.4. The molecule has 0 fully saturated rings. The Morgan fingerprint density at radius 1 is 1.08 bits per heavy atom. The number of hydrogen-bond acceptors (Lipinski definition) is 5. The third-order valence-corrected chi connectivity index (χ3v) is 5.47. The first-order chi connectivity index (χ1) is 11.6. The van der Waals surface area contributed by atoms with Gasteiger partial charge in [0.15, 0.2) is 0 Å². The van der Waals surface area contributed by atoms with Gasteiger partial charge in [-0.15, -0.1) is 0 Å². The lowest BCUT2D eigenvalue weighted by Gasteiger charge is -2.28. The number of nitrogens with one attached hydrogen (secondary N) is 1. The molecule has 0 aromatic heterocycles. The van der Waals surface area contributed by atoms with Crippen LogP contribution in [0.4, 0.5) is 4.79 Å². The molecule has 0 saturated carbocycles. The molecule has 0 atom stereocenters. The van der Waals surface area contributed by atoms with E-state index in [1.165, 1.54) is 4.90 Å². The average Bonchev–Trinajstić information content (AvgIpc) is 2.58. The molecule has 0 rings (SSSR count). The number of unbranched alkanes of at least 4 members (excludes halogenated alkanes) is 3. The Labute approximate surface area is 156 Å². The Morgan fingerprint density at radius 3 is 2.08 bits per heavy atom. The number of urea groups is 1. The van der Waals surface area contributed by atoms with E-state index in [0.29, 0.717) is 6.54 Å². The number of carbonyl (C=O) groups excluding carboxylic acids is 1. The second-order valence-corrected chi connectivity index (χ2v) is 7.62. The lowest BCUT2D eigenvalue weighted by atomic mass is 10.3. The Morgan fingerprint density at radius 2 is 1.62 bits per heavy atom. The van der Waals surface area contributed by atoms with Crippen LogP contribution in [0.1, 0.15) is 59.3 Å². The van der Waals surface area contributed by atoms with Crippen molar-refractivity contribution in [2.75, 3.05) is 24.7 Å². The topological polar surface area (TPSA) is 56.6 Å². The molecule has 0 aliphatic heterocycles. The summed E-state index contributed by atoms with van der Waals surface area (Å²) in [5, 5.41) is 8.07. The maximum absolute atomic E-state index is 12.9. The zero-order valence-corrected chi connectivity index (χ0v) is 17.0. The van der Waals surface area contributed by atoms with Crippen LogP contribution in [0, 0.1) is 5.41 Å². The smallest absolute Gasteiger partial charge is 0.348 e. The van der Waals surface area contributed by atoms with E-state index in [9.17, 15) is 4.79 Å². The molecule has 24 heavy (non-hydrogen) atoms. The van der Waals surface area contributed by atoms with E-state index in [4.69, 9.17) is 10.1 Å². The predicted octanol–water partition coefficient (Wildman–Crippen LogP) is 5.54. The van der Waals surface area contributed by atoms with Gasteiger partial charge in [-0.05, 0) is 43.2 Å². The van der Waals surface area contributed by atoms with Gasteiger partial charge in [0.1, 0.15) is 6.61 Å². The fourth-order valence-corrected chi connectivity index (χ4v) is 3.98. The Kier molecular flexibility index (Phi) is 15.2. The Balaban J connectivity index is 4.91. The van der Waals surface area contributed by atoms with Crippen molar-refractivity contribution >= 4 is 35.9 Å². The van der Waals surface area contributed by atoms with Gasteiger partial charge in [-0.3, -0.25) is 5.41 Å². The molecule has 0 radical (unpaired) electrons. The fourth-order valence-electron chi connectivity index (χ4n) is 1.65. The van der Waals surface area contributed by atoms with E-state index in [0.717, 1.165) is 50.0 Å². The number of carbonyl (C=O) groups is 1.